The van der Waals surface area contributed by atoms with Crippen molar-refractivity contribution in [2.24, 2.45) is 23.7 Å². The van der Waals surface area contributed by atoms with Crippen molar-refractivity contribution in [1.82, 2.24) is 0 Å². The van der Waals surface area contributed by atoms with Crippen molar-refractivity contribution in [2.45, 2.75) is 26.7 Å². The highest BCUT2D eigenvalue weighted by molar-refractivity contribution is 5.91. The molecule has 0 saturated heterocycles. The second-order valence-electron chi connectivity index (χ2n) is 4.76. The average molecular weight is 162 g/mol. The second-order valence-corrected chi connectivity index (χ2v) is 4.76. The number of Topliss-reactive ketones (excluding diaryl/α,β-unsaturated/α-hetero) is 1. The van der Waals surface area contributed by atoms with Crippen LogP contribution in [0.5, 0.6) is 0 Å². The fourth-order valence-electron chi connectivity index (χ4n) is 3.81. The van der Waals surface area contributed by atoms with E-state index in [4.69, 9.17) is 0 Å². The first-order chi connectivity index (χ1) is 5.70. The average Bonchev–Trinajstić information content (AvgIpc) is 2.65. The van der Waals surface area contributed by atoms with Crippen molar-refractivity contribution < 1.29 is 4.79 Å². The Morgan fingerprint density at radius 3 is 1.92 bits per heavy atom. The predicted octanol–water partition coefficient (Wildman–Crippen LogP) is 2.18. The minimum Gasteiger partial charge on any atom is -0.299 e. The molecule has 12 heavy (non-hydrogen) atoms. The minimum absolute atomic E-state index is 0.449. The molecule has 0 aliphatic heterocycles. The largest absolute Gasteiger partial charge is 0.299 e. The smallest absolute Gasteiger partial charge is 0.140 e. The predicted molar refractivity (Wildman–Crippen MR) is 46.6 cm³/mol. The van der Waals surface area contributed by atoms with Gasteiger partial charge in [0.1, 0.15) is 5.78 Å². The lowest BCUT2D eigenvalue weighted by Crippen LogP contribution is -2.14. The molecule has 64 valence electrons. The van der Waals surface area contributed by atoms with Crippen molar-refractivity contribution in [2.75, 3.05) is 0 Å². The summed E-state index contributed by atoms with van der Waals surface area (Å²) in [7, 11) is 0. The zero-order valence-electron chi connectivity index (χ0n) is 7.63. The molecule has 0 unspecified atom stereocenters. The molecule has 4 bridgehead atoms. The molecule has 0 aromatic carbocycles. The molecule has 0 amide bonds. The summed E-state index contributed by atoms with van der Waals surface area (Å²) in [4.78, 5) is 11.6. The number of hydrogen-bond donors (Lipinski definition) is 0. The molecule has 0 heterocycles. The van der Waals surface area contributed by atoms with Crippen molar-refractivity contribution in [3.05, 3.63) is 11.1 Å². The Labute approximate surface area is 72.8 Å². The Bertz CT molecular complexity index is 274. The molecule has 1 nitrogen and oxygen atoms in total. The molecule has 1 heteroatoms. The van der Waals surface area contributed by atoms with Gasteiger partial charge in [0.25, 0.3) is 0 Å². The maximum Gasteiger partial charge on any atom is 0.140 e. The zero-order chi connectivity index (χ0) is 8.46. The van der Waals surface area contributed by atoms with Crippen LogP contribution in [0.15, 0.2) is 11.1 Å². The number of ketones is 1. The molecular weight excluding hydrogens is 148 g/mol. The quantitative estimate of drug-likeness (QED) is 0.499. The van der Waals surface area contributed by atoms with E-state index in [0.717, 1.165) is 0 Å². The van der Waals surface area contributed by atoms with Gasteiger partial charge >= 0.3 is 0 Å². The van der Waals surface area contributed by atoms with E-state index in [1.165, 1.54) is 18.4 Å². The van der Waals surface area contributed by atoms with Gasteiger partial charge in [-0.1, -0.05) is 11.1 Å². The Balaban J connectivity index is 2.13. The zero-order valence-corrected chi connectivity index (χ0v) is 7.63. The molecular formula is C11H14O. The summed E-state index contributed by atoms with van der Waals surface area (Å²) < 4.78 is 0. The number of rotatable bonds is 0. The third-order valence-corrected chi connectivity index (χ3v) is 4.09. The van der Waals surface area contributed by atoms with Gasteiger partial charge in [-0.15, -0.1) is 0 Å². The van der Waals surface area contributed by atoms with Crippen LogP contribution in [-0.2, 0) is 4.79 Å². The SMILES string of the molecule is CC(C)=C1[C@H]2C[C@@H]3C(=O)[C@H]2C[C@H]13. The lowest BCUT2D eigenvalue weighted by atomic mass is 9.91. The molecule has 0 spiro atoms. The van der Waals surface area contributed by atoms with E-state index in [9.17, 15) is 4.79 Å². The van der Waals surface area contributed by atoms with Crippen LogP contribution in [0.2, 0.25) is 0 Å². The van der Waals surface area contributed by atoms with Gasteiger partial charge in [0.2, 0.25) is 0 Å². The van der Waals surface area contributed by atoms with Crippen molar-refractivity contribution in [3.8, 4) is 0 Å². The van der Waals surface area contributed by atoms with Crippen molar-refractivity contribution >= 4 is 5.78 Å². The maximum absolute atomic E-state index is 11.6. The summed E-state index contributed by atoms with van der Waals surface area (Å²) in [5.74, 6) is 2.85. The summed E-state index contributed by atoms with van der Waals surface area (Å²) in [6.07, 6.45) is 2.38. The monoisotopic (exact) mass is 162 g/mol. The molecule has 0 N–H and O–H groups in total. The van der Waals surface area contributed by atoms with E-state index in [2.05, 4.69) is 13.8 Å². The third-order valence-electron chi connectivity index (χ3n) is 4.09. The third kappa shape index (κ3) is 0.531. The minimum atomic E-state index is 0.449. The van der Waals surface area contributed by atoms with Crippen LogP contribution in [0.3, 0.4) is 0 Å². The summed E-state index contributed by atoms with van der Waals surface area (Å²) in [5, 5.41) is 0. The molecule has 4 saturated carbocycles. The molecule has 4 aliphatic rings. The van der Waals surface area contributed by atoms with Crippen LogP contribution in [0, 0.1) is 23.7 Å². The fourth-order valence-corrected chi connectivity index (χ4v) is 3.81. The van der Waals surface area contributed by atoms with E-state index in [1.807, 2.05) is 0 Å². The van der Waals surface area contributed by atoms with E-state index in [-0.39, 0.29) is 0 Å². The second kappa shape index (κ2) is 1.84. The topological polar surface area (TPSA) is 17.1 Å². The van der Waals surface area contributed by atoms with Crippen molar-refractivity contribution in [1.29, 1.82) is 0 Å². The van der Waals surface area contributed by atoms with Gasteiger partial charge in [0, 0.05) is 11.8 Å². The Morgan fingerprint density at radius 2 is 1.58 bits per heavy atom. The van der Waals surface area contributed by atoms with E-state index in [0.29, 0.717) is 29.5 Å². The van der Waals surface area contributed by atoms with Crippen LogP contribution < -0.4 is 0 Å². The first-order valence-corrected chi connectivity index (χ1v) is 4.91. The molecule has 4 fully saturated rings. The van der Waals surface area contributed by atoms with Crippen LogP contribution in [-0.4, -0.2) is 5.78 Å². The van der Waals surface area contributed by atoms with Gasteiger partial charge in [-0.2, -0.15) is 0 Å². The van der Waals surface area contributed by atoms with E-state index < -0.39 is 0 Å². The van der Waals surface area contributed by atoms with E-state index >= 15 is 0 Å². The summed E-state index contributed by atoms with van der Waals surface area (Å²) >= 11 is 0. The van der Waals surface area contributed by atoms with Crippen molar-refractivity contribution in [3.63, 3.8) is 0 Å². The first kappa shape index (κ1) is 6.88. The molecule has 0 aromatic rings. The Hall–Kier alpha value is -0.590. The lowest BCUT2D eigenvalue weighted by molar-refractivity contribution is -0.122. The van der Waals surface area contributed by atoms with E-state index in [1.54, 1.807) is 5.57 Å². The van der Waals surface area contributed by atoms with Gasteiger partial charge in [0.15, 0.2) is 0 Å². The maximum atomic E-state index is 11.6. The Kier molecular flexibility index (Phi) is 1.05. The van der Waals surface area contributed by atoms with Crippen LogP contribution in [0.4, 0.5) is 0 Å². The highest BCUT2D eigenvalue weighted by atomic mass is 16.1. The first-order valence-electron chi connectivity index (χ1n) is 4.91. The highest BCUT2D eigenvalue weighted by Crippen LogP contribution is 2.64. The fraction of sp³-hybridized carbons (Fsp3) is 0.727. The summed E-state index contributed by atoms with van der Waals surface area (Å²) in [6.45, 7) is 4.41. The van der Waals surface area contributed by atoms with Gasteiger partial charge in [-0.05, 0) is 38.5 Å². The highest BCUT2D eigenvalue weighted by Gasteiger charge is 2.62. The summed E-state index contributed by atoms with van der Waals surface area (Å²) in [6, 6.07) is 0. The molecule has 4 atom stereocenters. The van der Waals surface area contributed by atoms with Gasteiger partial charge < -0.3 is 0 Å². The van der Waals surface area contributed by atoms with Crippen LogP contribution in [0.25, 0.3) is 0 Å². The molecule has 4 rings (SSSR count). The van der Waals surface area contributed by atoms with Crippen LogP contribution in [0.1, 0.15) is 26.7 Å². The molecule has 0 aromatic heterocycles. The van der Waals surface area contributed by atoms with Gasteiger partial charge in [0.05, 0.1) is 0 Å². The van der Waals surface area contributed by atoms with Crippen LogP contribution >= 0.6 is 0 Å². The Morgan fingerprint density at radius 1 is 1.08 bits per heavy atom. The van der Waals surface area contributed by atoms with Gasteiger partial charge in [-0.25, -0.2) is 0 Å². The lowest BCUT2D eigenvalue weighted by Gasteiger charge is -2.13. The number of hydrogen-bond acceptors (Lipinski definition) is 1. The standard InChI is InChI=1S/C11H14O/c1-5(2)10-6-3-8-7(10)4-9(6)11(8)12/h6-9H,3-4H2,1-2H3/t6-,7-,8-,9-/m0/s1. The number of carbonyl (C=O) groups is 1. The number of carbonyl (C=O) groups excluding carboxylic acids is 1. The molecule has 0 radical (unpaired) electrons. The summed E-state index contributed by atoms with van der Waals surface area (Å²) in [5.41, 5.74) is 3.15. The molecule has 4 aliphatic carbocycles. The number of allylic oxidation sites excluding steroid dienone is 2. The van der Waals surface area contributed by atoms with Gasteiger partial charge in [-0.3, -0.25) is 4.79 Å². The normalized spacial score (nSPS) is 48.2.